The predicted molar refractivity (Wildman–Crippen MR) is 108 cm³/mol. The highest BCUT2D eigenvalue weighted by molar-refractivity contribution is 6.02. The van der Waals surface area contributed by atoms with E-state index < -0.39 is 0 Å². The fourth-order valence-corrected chi connectivity index (χ4v) is 2.62. The molecule has 29 heavy (non-hydrogen) atoms. The van der Waals surface area contributed by atoms with Crippen LogP contribution in [0.5, 0.6) is 11.6 Å². The minimum absolute atomic E-state index is 0.0544. The van der Waals surface area contributed by atoms with Crippen LogP contribution in [-0.2, 0) is 0 Å². The lowest BCUT2D eigenvalue weighted by Gasteiger charge is -2.13. The second kappa shape index (κ2) is 8.54. The van der Waals surface area contributed by atoms with Gasteiger partial charge in [-0.25, -0.2) is 0 Å². The third-order valence-corrected chi connectivity index (χ3v) is 4.01. The van der Waals surface area contributed by atoms with Crippen LogP contribution in [0.15, 0.2) is 54.6 Å². The minimum Gasteiger partial charge on any atom is -0.438 e. The number of carbonyl (C=O) groups excluding carboxylic acids is 2. The van der Waals surface area contributed by atoms with E-state index in [4.69, 9.17) is 10.5 Å². The summed E-state index contributed by atoms with van der Waals surface area (Å²) in [5.41, 5.74) is 7.28. The Labute approximate surface area is 166 Å². The molecule has 0 aliphatic rings. The van der Waals surface area contributed by atoms with E-state index in [0.717, 1.165) is 0 Å². The first-order chi connectivity index (χ1) is 14.0. The molecular formula is C21H17N5O3. The molecule has 0 fully saturated rings. The third-order valence-electron chi connectivity index (χ3n) is 4.01. The standard InChI is InChI=1S/C21H17N5O3/c1-24-20(28)16-8-7-14(9-13(16)12-27)25-19-10-18(23)17(11-22)21(26-19)29-15-5-3-2-4-6-15/h2-10,12H,1H3,(H,24,28)(H3,23,25,26). The zero-order valence-corrected chi connectivity index (χ0v) is 15.5. The van der Waals surface area contributed by atoms with Crippen LogP contribution in [0.2, 0.25) is 0 Å². The summed E-state index contributed by atoms with van der Waals surface area (Å²) < 4.78 is 5.71. The number of rotatable bonds is 6. The van der Waals surface area contributed by atoms with Crippen molar-refractivity contribution in [3.05, 3.63) is 71.3 Å². The molecular weight excluding hydrogens is 370 g/mol. The van der Waals surface area contributed by atoms with Crippen LogP contribution in [-0.4, -0.2) is 24.2 Å². The second-order valence-electron chi connectivity index (χ2n) is 5.93. The summed E-state index contributed by atoms with van der Waals surface area (Å²) in [7, 11) is 1.49. The number of para-hydroxylation sites is 1. The summed E-state index contributed by atoms with van der Waals surface area (Å²) in [5, 5.41) is 14.9. The largest absolute Gasteiger partial charge is 0.438 e. The van der Waals surface area contributed by atoms with Crippen molar-refractivity contribution in [2.24, 2.45) is 0 Å². The van der Waals surface area contributed by atoms with Crippen molar-refractivity contribution in [1.82, 2.24) is 10.3 Å². The lowest BCUT2D eigenvalue weighted by molar-refractivity contribution is 0.0957. The number of carbonyl (C=O) groups is 2. The number of pyridine rings is 1. The maximum atomic E-state index is 11.8. The van der Waals surface area contributed by atoms with Crippen molar-refractivity contribution in [3.8, 4) is 17.7 Å². The lowest BCUT2D eigenvalue weighted by atomic mass is 10.1. The number of aromatic nitrogens is 1. The number of nitrogens with zero attached hydrogens (tertiary/aromatic N) is 2. The average Bonchev–Trinajstić information content (AvgIpc) is 2.73. The van der Waals surface area contributed by atoms with Gasteiger partial charge < -0.3 is 21.1 Å². The number of ether oxygens (including phenoxy) is 1. The number of benzene rings is 2. The maximum absolute atomic E-state index is 11.8. The Morgan fingerprint density at radius 1 is 1.21 bits per heavy atom. The number of anilines is 3. The molecule has 1 aromatic heterocycles. The molecule has 0 radical (unpaired) electrons. The minimum atomic E-state index is -0.363. The summed E-state index contributed by atoms with van der Waals surface area (Å²) in [4.78, 5) is 27.5. The van der Waals surface area contributed by atoms with Crippen molar-refractivity contribution in [1.29, 1.82) is 5.26 Å². The fraction of sp³-hybridized carbons (Fsp3) is 0.0476. The molecule has 8 heteroatoms. The van der Waals surface area contributed by atoms with E-state index in [-0.39, 0.29) is 34.2 Å². The molecule has 8 nitrogen and oxygen atoms in total. The number of nitrogens with one attached hydrogen (secondary N) is 2. The zero-order valence-electron chi connectivity index (χ0n) is 15.5. The van der Waals surface area contributed by atoms with E-state index in [1.807, 2.05) is 12.1 Å². The normalized spacial score (nSPS) is 9.93. The number of hydrogen-bond acceptors (Lipinski definition) is 7. The highest BCUT2D eigenvalue weighted by Gasteiger charge is 2.15. The number of amides is 1. The molecule has 2 aromatic carbocycles. The third kappa shape index (κ3) is 4.31. The van der Waals surface area contributed by atoms with Crippen molar-refractivity contribution in [3.63, 3.8) is 0 Å². The van der Waals surface area contributed by atoms with Crippen molar-refractivity contribution >= 4 is 29.4 Å². The Hall–Kier alpha value is -4.38. The van der Waals surface area contributed by atoms with Gasteiger partial charge in [0.1, 0.15) is 23.2 Å². The van der Waals surface area contributed by atoms with Gasteiger partial charge in [-0.15, -0.1) is 0 Å². The van der Waals surface area contributed by atoms with Gasteiger partial charge in [-0.05, 0) is 30.3 Å². The van der Waals surface area contributed by atoms with Gasteiger partial charge in [0.25, 0.3) is 5.91 Å². The van der Waals surface area contributed by atoms with E-state index in [1.165, 1.54) is 25.2 Å². The molecule has 3 aromatic rings. The molecule has 0 saturated heterocycles. The van der Waals surface area contributed by atoms with Crippen LogP contribution in [0.25, 0.3) is 0 Å². The van der Waals surface area contributed by atoms with Gasteiger partial charge >= 0.3 is 0 Å². The second-order valence-corrected chi connectivity index (χ2v) is 5.93. The fourth-order valence-electron chi connectivity index (χ4n) is 2.62. The molecule has 0 aliphatic carbocycles. The first kappa shape index (κ1) is 19.4. The molecule has 0 bridgehead atoms. The number of nitriles is 1. The maximum Gasteiger partial charge on any atom is 0.251 e. The van der Waals surface area contributed by atoms with Crippen LogP contribution < -0.4 is 21.1 Å². The SMILES string of the molecule is CNC(=O)c1ccc(Nc2cc(N)c(C#N)c(Oc3ccccc3)n2)cc1C=O. The van der Waals surface area contributed by atoms with Crippen molar-refractivity contribution in [2.45, 2.75) is 0 Å². The van der Waals surface area contributed by atoms with Gasteiger partial charge in [0.2, 0.25) is 5.88 Å². The van der Waals surface area contributed by atoms with Crippen LogP contribution in [0.4, 0.5) is 17.2 Å². The molecule has 0 unspecified atom stereocenters. The molecule has 3 rings (SSSR count). The van der Waals surface area contributed by atoms with Gasteiger partial charge in [0.15, 0.2) is 6.29 Å². The lowest BCUT2D eigenvalue weighted by Crippen LogP contribution is -2.19. The molecule has 0 aliphatic heterocycles. The number of hydrogen-bond donors (Lipinski definition) is 3. The molecule has 0 spiro atoms. The Morgan fingerprint density at radius 3 is 2.62 bits per heavy atom. The molecule has 0 atom stereocenters. The first-order valence-electron chi connectivity index (χ1n) is 8.57. The summed E-state index contributed by atoms with van der Waals surface area (Å²) in [5.74, 6) is 0.514. The van der Waals surface area contributed by atoms with Gasteiger partial charge in [-0.1, -0.05) is 18.2 Å². The molecule has 144 valence electrons. The Kier molecular flexibility index (Phi) is 5.71. The number of aldehydes is 1. The molecule has 4 N–H and O–H groups in total. The van der Waals surface area contributed by atoms with E-state index in [1.54, 1.807) is 30.3 Å². The first-order valence-corrected chi connectivity index (χ1v) is 8.57. The van der Waals surface area contributed by atoms with E-state index in [2.05, 4.69) is 15.6 Å². The highest BCUT2D eigenvalue weighted by Crippen LogP contribution is 2.30. The quantitative estimate of drug-likeness (QED) is 0.553. The van der Waals surface area contributed by atoms with Crippen LogP contribution in [0.3, 0.4) is 0 Å². The Morgan fingerprint density at radius 2 is 1.97 bits per heavy atom. The Balaban J connectivity index is 1.94. The number of nitrogen functional groups attached to an aromatic ring is 1. The van der Waals surface area contributed by atoms with Gasteiger partial charge in [-0.3, -0.25) is 9.59 Å². The van der Waals surface area contributed by atoms with E-state index >= 15 is 0 Å². The van der Waals surface area contributed by atoms with E-state index in [9.17, 15) is 14.9 Å². The smallest absolute Gasteiger partial charge is 0.251 e. The monoisotopic (exact) mass is 387 g/mol. The summed E-state index contributed by atoms with van der Waals surface area (Å²) >= 11 is 0. The van der Waals surface area contributed by atoms with E-state index in [0.29, 0.717) is 23.5 Å². The van der Waals surface area contributed by atoms with Crippen molar-refractivity contribution in [2.75, 3.05) is 18.1 Å². The number of nitrogens with two attached hydrogens (primary N) is 1. The topological polar surface area (TPSA) is 130 Å². The summed E-state index contributed by atoms with van der Waals surface area (Å²) in [6.45, 7) is 0. The molecule has 1 amide bonds. The van der Waals surface area contributed by atoms with Crippen LogP contribution in [0, 0.1) is 11.3 Å². The van der Waals surface area contributed by atoms with Gasteiger partial charge in [0, 0.05) is 29.9 Å². The molecule has 1 heterocycles. The van der Waals surface area contributed by atoms with Crippen LogP contribution in [0.1, 0.15) is 26.3 Å². The predicted octanol–water partition coefficient (Wildman–Crippen LogP) is 3.24. The van der Waals surface area contributed by atoms with Crippen molar-refractivity contribution < 1.29 is 14.3 Å². The van der Waals surface area contributed by atoms with Gasteiger partial charge in [-0.2, -0.15) is 10.2 Å². The highest BCUT2D eigenvalue weighted by atomic mass is 16.5. The zero-order chi connectivity index (χ0) is 20.8. The molecule has 0 saturated carbocycles. The average molecular weight is 387 g/mol. The van der Waals surface area contributed by atoms with Crippen LogP contribution >= 0.6 is 0 Å². The summed E-state index contributed by atoms with van der Waals surface area (Å²) in [6, 6.07) is 17.0. The van der Waals surface area contributed by atoms with Gasteiger partial charge in [0.05, 0.1) is 5.69 Å². The summed E-state index contributed by atoms with van der Waals surface area (Å²) in [6.07, 6.45) is 0.597. The Bertz CT molecular complexity index is 1110.